The Kier molecular flexibility index (Phi) is 6.59. The first-order chi connectivity index (χ1) is 11.8. The topological polar surface area (TPSA) is 66.6 Å². The molecule has 0 radical (unpaired) electrons. The Balaban J connectivity index is 1.95. The summed E-state index contributed by atoms with van der Waals surface area (Å²) in [6.45, 7) is 13.4. The van der Waals surface area contributed by atoms with Crippen LogP contribution < -0.4 is 5.73 Å². The maximum atomic E-state index is 12.7. The first kappa shape index (κ1) is 19.4. The minimum atomic E-state index is -0.535. The van der Waals surface area contributed by atoms with Crippen LogP contribution in [-0.2, 0) is 6.54 Å². The van der Waals surface area contributed by atoms with Gasteiger partial charge in [0.25, 0.3) is 5.91 Å². The maximum absolute atomic E-state index is 12.7. The smallest absolute Gasteiger partial charge is 0.255 e. The Hall–Kier alpha value is -1.88. The predicted molar refractivity (Wildman–Crippen MR) is 100 cm³/mol. The van der Waals surface area contributed by atoms with Crippen LogP contribution in [0.15, 0.2) is 18.2 Å². The lowest BCUT2D eigenvalue weighted by Gasteiger charge is -2.27. The van der Waals surface area contributed by atoms with Gasteiger partial charge in [-0.05, 0) is 36.4 Å². The zero-order chi connectivity index (χ0) is 18.6. The molecule has 1 heterocycles. The number of hydrogen-bond acceptors (Lipinski definition) is 3. The van der Waals surface area contributed by atoms with Crippen molar-refractivity contribution in [3.8, 4) is 0 Å². The Morgan fingerprint density at radius 1 is 1.20 bits per heavy atom. The molecule has 2 rings (SSSR count). The molecular formula is C20H31N3O2. The first-order valence-electron chi connectivity index (χ1n) is 9.23. The molecule has 5 nitrogen and oxygen atoms in total. The van der Waals surface area contributed by atoms with Crippen molar-refractivity contribution in [3.05, 3.63) is 34.9 Å². The minimum Gasteiger partial charge on any atom is -0.366 e. The summed E-state index contributed by atoms with van der Waals surface area (Å²) in [4.78, 5) is 28.5. The number of nitrogens with zero attached hydrogens (tertiary/aromatic N) is 2. The molecule has 0 aliphatic carbocycles. The predicted octanol–water partition coefficient (Wildman–Crippen LogP) is 2.75. The van der Waals surface area contributed by atoms with Gasteiger partial charge in [0.2, 0.25) is 5.91 Å². The van der Waals surface area contributed by atoms with Gasteiger partial charge < -0.3 is 15.5 Å². The third-order valence-electron chi connectivity index (χ3n) is 4.43. The van der Waals surface area contributed by atoms with Crippen LogP contribution >= 0.6 is 0 Å². The number of fused-ring (bicyclic) bond motifs is 1. The normalized spacial score (nSPS) is 14.0. The van der Waals surface area contributed by atoms with Crippen LogP contribution in [0.1, 0.15) is 60.4 Å². The molecule has 1 aromatic carbocycles. The van der Waals surface area contributed by atoms with Gasteiger partial charge in [0.15, 0.2) is 0 Å². The van der Waals surface area contributed by atoms with E-state index in [4.69, 9.17) is 5.73 Å². The van der Waals surface area contributed by atoms with Crippen LogP contribution in [-0.4, -0.2) is 47.8 Å². The van der Waals surface area contributed by atoms with Gasteiger partial charge in [-0.1, -0.05) is 39.8 Å². The Morgan fingerprint density at radius 2 is 1.84 bits per heavy atom. The summed E-state index contributed by atoms with van der Waals surface area (Å²) in [6, 6.07) is 5.34. The van der Waals surface area contributed by atoms with Gasteiger partial charge in [0.05, 0.1) is 11.1 Å². The third-order valence-corrected chi connectivity index (χ3v) is 4.43. The van der Waals surface area contributed by atoms with Gasteiger partial charge in [0, 0.05) is 26.2 Å². The zero-order valence-electron chi connectivity index (χ0n) is 15.9. The molecule has 0 saturated carbocycles. The van der Waals surface area contributed by atoms with Crippen LogP contribution in [0.4, 0.5) is 0 Å². The highest BCUT2D eigenvalue weighted by atomic mass is 16.2. The van der Waals surface area contributed by atoms with Crippen LogP contribution in [0.3, 0.4) is 0 Å². The van der Waals surface area contributed by atoms with E-state index in [1.165, 1.54) is 0 Å². The molecular weight excluding hydrogens is 314 g/mol. The summed E-state index contributed by atoms with van der Waals surface area (Å²) in [5.41, 5.74) is 7.15. The molecule has 0 fully saturated rings. The monoisotopic (exact) mass is 345 g/mol. The van der Waals surface area contributed by atoms with Gasteiger partial charge in [0.1, 0.15) is 0 Å². The Labute approximate surface area is 151 Å². The molecule has 0 atom stereocenters. The van der Waals surface area contributed by atoms with E-state index in [1.807, 2.05) is 11.0 Å². The van der Waals surface area contributed by atoms with Crippen LogP contribution in [0, 0.1) is 11.8 Å². The summed E-state index contributed by atoms with van der Waals surface area (Å²) >= 11 is 0. The van der Waals surface area contributed by atoms with E-state index in [0.717, 1.165) is 31.6 Å². The number of carbonyl (C=O) groups excluding carboxylic acids is 2. The molecule has 0 unspecified atom stereocenters. The number of carbonyl (C=O) groups is 2. The van der Waals surface area contributed by atoms with Gasteiger partial charge in [-0.3, -0.25) is 9.59 Å². The van der Waals surface area contributed by atoms with E-state index in [0.29, 0.717) is 36.1 Å². The fourth-order valence-corrected chi connectivity index (χ4v) is 3.58. The molecule has 25 heavy (non-hydrogen) atoms. The van der Waals surface area contributed by atoms with Crippen molar-refractivity contribution in [3.63, 3.8) is 0 Å². The van der Waals surface area contributed by atoms with Crippen LogP contribution in [0.5, 0.6) is 0 Å². The molecule has 1 aliphatic heterocycles. The van der Waals surface area contributed by atoms with E-state index < -0.39 is 5.91 Å². The average molecular weight is 345 g/mol. The second kappa shape index (κ2) is 8.48. The van der Waals surface area contributed by atoms with Crippen molar-refractivity contribution in [2.75, 3.05) is 26.2 Å². The fourth-order valence-electron chi connectivity index (χ4n) is 3.58. The summed E-state index contributed by atoms with van der Waals surface area (Å²) in [6.07, 6.45) is 0.936. The largest absolute Gasteiger partial charge is 0.366 e. The zero-order valence-corrected chi connectivity index (χ0v) is 15.9. The second-order valence-corrected chi connectivity index (χ2v) is 7.83. The highest BCUT2D eigenvalue weighted by Gasteiger charge is 2.30. The number of rotatable bonds is 9. The molecule has 5 heteroatoms. The van der Waals surface area contributed by atoms with Gasteiger partial charge >= 0.3 is 0 Å². The van der Waals surface area contributed by atoms with E-state index in [9.17, 15) is 9.59 Å². The summed E-state index contributed by atoms with van der Waals surface area (Å²) < 4.78 is 0. The molecule has 0 spiro atoms. The number of benzene rings is 1. The minimum absolute atomic E-state index is 0.0660. The quantitative estimate of drug-likeness (QED) is 0.748. The molecule has 1 aliphatic rings. The first-order valence-corrected chi connectivity index (χ1v) is 9.23. The van der Waals surface area contributed by atoms with Crippen molar-refractivity contribution in [2.24, 2.45) is 17.6 Å². The van der Waals surface area contributed by atoms with E-state index in [-0.39, 0.29) is 5.91 Å². The molecule has 0 bridgehead atoms. The Morgan fingerprint density at radius 3 is 2.40 bits per heavy atom. The maximum Gasteiger partial charge on any atom is 0.255 e. The molecule has 138 valence electrons. The van der Waals surface area contributed by atoms with Crippen LogP contribution in [0.2, 0.25) is 0 Å². The fraction of sp³-hybridized carbons (Fsp3) is 0.600. The van der Waals surface area contributed by atoms with E-state index in [2.05, 4.69) is 32.6 Å². The number of amides is 2. The number of primary amides is 1. The highest BCUT2D eigenvalue weighted by molar-refractivity contribution is 6.09. The number of nitrogens with two attached hydrogens (primary N) is 1. The molecule has 2 N–H and O–H groups in total. The summed E-state index contributed by atoms with van der Waals surface area (Å²) in [5, 5.41) is 0. The summed E-state index contributed by atoms with van der Waals surface area (Å²) in [5.74, 6) is 0.667. The number of hydrogen-bond donors (Lipinski definition) is 1. The Bertz CT molecular complexity index is 615. The van der Waals surface area contributed by atoms with Gasteiger partial charge in [-0.25, -0.2) is 0 Å². The van der Waals surface area contributed by atoms with Gasteiger partial charge in [-0.2, -0.15) is 0 Å². The van der Waals surface area contributed by atoms with Crippen molar-refractivity contribution in [1.29, 1.82) is 0 Å². The van der Waals surface area contributed by atoms with Crippen LogP contribution in [0.25, 0.3) is 0 Å². The van der Waals surface area contributed by atoms with E-state index >= 15 is 0 Å². The average Bonchev–Trinajstić information content (AvgIpc) is 2.82. The van der Waals surface area contributed by atoms with Crippen molar-refractivity contribution >= 4 is 11.8 Å². The lowest BCUT2D eigenvalue weighted by Crippen LogP contribution is -2.34. The van der Waals surface area contributed by atoms with Crippen molar-refractivity contribution in [1.82, 2.24) is 9.80 Å². The molecule has 0 saturated heterocycles. The SMILES string of the molecule is CC(C)CN(CCCN1Cc2cccc(C(N)=O)c2C1=O)CC(C)C. The molecule has 2 amide bonds. The van der Waals surface area contributed by atoms with Crippen molar-refractivity contribution < 1.29 is 9.59 Å². The van der Waals surface area contributed by atoms with Gasteiger partial charge in [-0.15, -0.1) is 0 Å². The highest BCUT2D eigenvalue weighted by Crippen LogP contribution is 2.26. The lowest BCUT2D eigenvalue weighted by atomic mass is 10.0. The third kappa shape index (κ3) is 5.05. The summed E-state index contributed by atoms with van der Waals surface area (Å²) in [7, 11) is 0. The second-order valence-electron chi connectivity index (χ2n) is 7.83. The van der Waals surface area contributed by atoms with Crippen molar-refractivity contribution in [2.45, 2.75) is 40.7 Å². The standard InChI is InChI=1S/C20H31N3O2/c1-14(2)11-22(12-15(3)4)9-6-10-23-13-16-7-5-8-17(19(21)24)18(16)20(23)25/h5,7-8,14-15H,6,9-13H2,1-4H3,(H2,21,24). The van der Waals surface area contributed by atoms with E-state index in [1.54, 1.807) is 12.1 Å². The lowest BCUT2D eigenvalue weighted by molar-refractivity contribution is 0.0764. The molecule has 1 aromatic rings. The molecule has 0 aromatic heterocycles.